The van der Waals surface area contributed by atoms with Crippen LogP contribution in [0, 0.1) is 6.92 Å². The summed E-state index contributed by atoms with van der Waals surface area (Å²) in [4.78, 5) is 22.0. The molecule has 106 valence electrons. The minimum Gasteiger partial charge on any atom is -0.347 e. The van der Waals surface area contributed by atoms with E-state index in [4.69, 9.17) is 0 Å². The lowest BCUT2D eigenvalue weighted by Gasteiger charge is -2.07. The molecule has 0 atom stereocenters. The number of hydrogen-bond acceptors (Lipinski definition) is 5. The lowest BCUT2D eigenvalue weighted by molar-refractivity contribution is 0.0947. The molecule has 0 radical (unpaired) electrons. The molecule has 2 aromatic heterocycles. The zero-order chi connectivity index (χ0) is 14.5. The summed E-state index contributed by atoms with van der Waals surface area (Å²) in [7, 11) is 0. The molecule has 2 heterocycles. The van der Waals surface area contributed by atoms with Gasteiger partial charge in [-0.3, -0.25) is 4.79 Å². The van der Waals surface area contributed by atoms with Gasteiger partial charge in [0.15, 0.2) is 0 Å². The molecule has 0 spiro atoms. The summed E-state index contributed by atoms with van der Waals surface area (Å²) in [6.45, 7) is 4.59. The van der Waals surface area contributed by atoms with Gasteiger partial charge in [-0.1, -0.05) is 6.92 Å². The van der Waals surface area contributed by atoms with Gasteiger partial charge in [-0.15, -0.1) is 23.1 Å². The highest BCUT2D eigenvalue weighted by Crippen LogP contribution is 2.20. The molecular formula is C14H17N3OS2. The van der Waals surface area contributed by atoms with E-state index in [1.807, 2.05) is 13.2 Å². The zero-order valence-electron chi connectivity index (χ0n) is 11.8. The number of amides is 1. The first-order valence-corrected chi connectivity index (χ1v) is 8.42. The zero-order valence-corrected chi connectivity index (χ0v) is 13.4. The molecule has 0 saturated carbocycles. The quantitative estimate of drug-likeness (QED) is 0.863. The van der Waals surface area contributed by atoms with Crippen LogP contribution in [0.1, 0.15) is 32.9 Å². The predicted molar refractivity (Wildman–Crippen MR) is 83.4 cm³/mol. The van der Waals surface area contributed by atoms with Crippen molar-refractivity contribution < 1.29 is 4.79 Å². The fourth-order valence-corrected chi connectivity index (χ4v) is 3.42. The van der Waals surface area contributed by atoms with Crippen LogP contribution in [0.5, 0.6) is 0 Å². The average Bonchev–Trinajstić information content (AvgIpc) is 2.84. The number of aryl methyl sites for hydroxylation is 2. The van der Waals surface area contributed by atoms with Crippen molar-refractivity contribution in [2.45, 2.75) is 31.8 Å². The van der Waals surface area contributed by atoms with E-state index >= 15 is 0 Å². The van der Waals surface area contributed by atoms with E-state index in [-0.39, 0.29) is 5.91 Å². The maximum Gasteiger partial charge on any atom is 0.254 e. The Morgan fingerprint density at radius 1 is 1.50 bits per heavy atom. The first-order valence-electron chi connectivity index (χ1n) is 6.38. The molecule has 2 aromatic rings. The van der Waals surface area contributed by atoms with E-state index in [0.717, 1.165) is 27.0 Å². The minimum absolute atomic E-state index is 0.0874. The van der Waals surface area contributed by atoms with Gasteiger partial charge in [0.05, 0.1) is 22.8 Å². The molecule has 1 N–H and O–H groups in total. The van der Waals surface area contributed by atoms with Gasteiger partial charge in [0.25, 0.3) is 5.91 Å². The van der Waals surface area contributed by atoms with Gasteiger partial charge in [0, 0.05) is 11.1 Å². The summed E-state index contributed by atoms with van der Waals surface area (Å²) in [6, 6.07) is 3.58. The lowest BCUT2D eigenvalue weighted by atomic mass is 10.2. The third kappa shape index (κ3) is 3.37. The normalized spacial score (nSPS) is 10.6. The molecule has 0 fully saturated rings. The second kappa shape index (κ2) is 6.85. The van der Waals surface area contributed by atoms with Crippen LogP contribution in [-0.4, -0.2) is 22.1 Å². The molecular weight excluding hydrogens is 290 g/mol. The molecule has 0 aliphatic heterocycles. The number of carbonyl (C=O) groups is 1. The Morgan fingerprint density at radius 3 is 3.00 bits per heavy atom. The summed E-state index contributed by atoms with van der Waals surface area (Å²) in [5.74, 6) is -0.0874. The van der Waals surface area contributed by atoms with Crippen molar-refractivity contribution >= 4 is 29.0 Å². The molecule has 0 aliphatic rings. The summed E-state index contributed by atoms with van der Waals surface area (Å²) >= 11 is 3.11. The van der Waals surface area contributed by atoms with E-state index in [9.17, 15) is 4.79 Å². The lowest BCUT2D eigenvalue weighted by Crippen LogP contribution is -2.23. The van der Waals surface area contributed by atoms with Gasteiger partial charge in [0.1, 0.15) is 5.03 Å². The number of carbonyl (C=O) groups excluding carboxylic acids is 1. The van der Waals surface area contributed by atoms with Crippen molar-refractivity contribution in [2.75, 3.05) is 6.26 Å². The average molecular weight is 307 g/mol. The van der Waals surface area contributed by atoms with Crippen molar-refractivity contribution in [3.63, 3.8) is 0 Å². The number of nitrogens with one attached hydrogen (secondary N) is 1. The van der Waals surface area contributed by atoms with E-state index in [0.29, 0.717) is 12.1 Å². The first kappa shape index (κ1) is 15.0. The largest absolute Gasteiger partial charge is 0.347 e. The summed E-state index contributed by atoms with van der Waals surface area (Å²) in [6.07, 6.45) is 4.50. The maximum absolute atomic E-state index is 12.2. The highest BCUT2D eigenvalue weighted by molar-refractivity contribution is 7.98. The van der Waals surface area contributed by atoms with E-state index in [1.165, 1.54) is 11.8 Å². The fourth-order valence-electron chi connectivity index (χ4n) is 1.91. The van der Waals surface area contributed by atoms with Crippen molar-refractivity contribution in [3.05, 3.63) is 39.5 Å². The number of nitrogens with zero attached hydrogens (tertiary/aromatic N) is 2. The molecule has 20 heavy (non-hydrogen) atoms. The Hall–Kier alpha value is -1.40. The van der Waals surface area contributed by atoms with Crippen LogP contribution >= 0.6 is 23.1 Å². The van der Waals surface area contributed by atoms with Crippen LogP contribution in [0.15, 0.2) is 23.4 Å². The highest BCUT2D eigenvalue weighted by atomic mass is 32.2. The summed E-state index contributed by atoms with van der Waals surface area (Å²) < 4.78 is 0. The number of pyridine rings is 1. The molecule has 6 heteroatoms. The van der Waals surface area contributed by atoms with Gasteiger partial charge in [-0.05, 0) is 31.7 Å². The van der Waals surface area contributed by atoms with Gasteiger partial charge in [-0.2, -0.15) is 0 Å². The Labute approximate surface area is 127 Å². The van der Waals surface area contributed by atoms with Crippen LogP contribution < -0.4 is 5.32 Å². The van der Waals surface area contributed by atoms with Gasteiger partial charge in [0.2, 0.25) is 0 Å². The monoisotopic (exact) mass is 307 g/mol. The number of hydrogen-bond donors (Lipinski definition) is 1. The Morgan fingerprint density at radius 2 is 2.30 bits per heavy atom. The number of thioether (sulfide) groups is 1. The third-order valence-electron chi connectivity index (χ3n) is 2.84. The molecule has 0 bridgehead atoms. The Bertz CT molecular complexity index is 610. The summed E-state index contributed by atoms with van der Waals surface area (Å²) in [5, 5.41) is 4.75. The van der Waals surface area contributed by atoms with Gasteiger partial charge in [-0.25, -0.2) is 9.97 Å². The van der Waals surface area contributed by atoms with Crippen molar-refractivity contribution in [2.24, 2.45) is 0 Å². The van der Waals surface area contributed by atoms with Crippen molar-refractivity contribution in [1.29, 1.82) is 0 Å². The number of thiazole rings is 1. The Kier molecular flexibility index (Phi) is 5.14. The molecule has 4 nitrogen and oxygen atoms in total. The molecule has 0 unspecified atom stereocenters. The Balaban J connectivity index is 2.08. The fraction of sp³-hybridized carbons (Fsp3) is 0.357. The standard InChI is InChI=1S/C14H17N3OS2/c1-4-11-12(20-9(2)17-11)8-16-13(18)10-6-5-7-15-14(10)19-3/h5-7H,4,8H2,1-3H3,(H,16,18). The van der Waals surface area contributed by atoms with Crippen LogP contribution in [0.3, 0.4) is 0 Å². The molecule has 0 aliphatic carbocycles. The SMILES string of the molecule is CCc1nc(C)sc1CNC(=O)c1cccnc1SC. The van der Waals surface area contributed by atoms with Crippen LogP contribution in [0.2, 0.25) is 0 Å². The van der Waals surface area contributed by atoms with Crippen molar-refractivity contribution in [1.82, 2.24) is 15.3 Å². The van der Waals surface area contributed by atoms with E-state index < -0.39 is 0 Å². The topological polar surface area (TPSA) is 54.9 Å². The second-order valence-electron chi connectivity index (χ2n) is 4.20. The van der Waals surface area contributed by atoms with Crippen LogP contribution in [-0.2, 0) is 13.0 Å². The van der Waals surface area contributed by atoms with Crippen LogP contribution in [0.25, 0.3) is 0 Å². The summed E-state index contributed by atoms with van der Waals surface area (Å²) in [5.41, 5.74) is 1.70. The smallest absolute Gasteiger partial charge is 0.254 e. The second-order valence-corrected chi connectivity index (χ2v) is 6.28. The van der Waals surface area contributed by atoms with Crippen molar-refractivity contribution in [3.8, 4) is 0 Å². The molecule has 2 rings (SSSR count). The predicted octanol–water partition coefficient (Wildman–Crippen LogP) is 3.06. The highest BCUT2D eigenvalue weighted by Gasteiger charge is 2.13. The number of aromatic nitrogens is 2. The maximum atomic E-state index is 12.2. The van der Waals surface area contributed by atoms with Crippen LogP contribution in [0.4, 0.5) is 0 Å². The number of rotatable bonds is 5. The molecule has 0 saturated heterocycles. The van der Waals surface area contributed by atoms with Gasteiger partial charge >= 0.3 is 0 Å². The minimum atomic E-state index is -0.0874. The molecule has 1 amide bonds. The first-order chi connectivity index (χ1) is 9.65. The van der Waals surface area contributed by atoms with E-state index in [1.54, 1.807) is 29.7 Å². The van der Waals surface area contributed by atoms with Gasteiger partial charge < -0.3 is 5.32 Å². The third-order valence-corrected chi connectivity index (χ3v) is 4.56. The molecule has 0 aromatic carbocycles. The van der Waals surface area contributed by atoms with E-state index in [2.05, 4.69) is 22.2 Å².